The van der Waals surface area contributed by atoms with Gasteiger partial charge in [-0.1, -0.05) is 37.5 Å². The number of rotatable bonds is 9. The van der Waals surface area contributed by atoms with E-state index in [1.807, 2.05) is 6.92 Å². The first-order chi connectivity index (χ1) is 15.4. The van der Waals surface area contributed by atoms with Crippen LogP contribution in [-0.2, 0) is 9.59 Å². The first kappa shape index (κ1) is 23.4. The third-order valence-electron chi connectivity index (χ3n) is 5.97. The van der Waals surface area contributed by atoms with Crippen LogP contribution in [0.25, 0.3) is 0 Å². The summed E-state index contributed by atoms with van der Waals surface area (Å²) in [5.41, 5.74) is 1.02. The molecule has 0 saturated heterocycles. The number of carbonyl (C=O) groups excluding carboxylic acids is 3. The molecule has 1 aliphatic rings. The maximum atomic E-state index is 13.1. The second-order valence-corrected chi connectivity index (χ2v) is 8.22. The Morgan fingerprint density at radius 3 is 2.78 bits per heavy atom. The van der Waals surface area contributed by atoms with Crippen molar-refractivity contribution in [3.63, 3.8) is 0 Å². The molecule has 1 aliphatic carbocycles. The van der Waals surface area contributed by atoms with Crippen molar-refractivity contribution in [2.24, 2.45) is 0 Å². The Bertz CT molecular complexity index is 931. The van der Waals surface area contributed by atoms with Crippen LogP contribution in [0.15, 0.2) is 24.3 Å². The Labute approximate surface area is 187 Å². The lowest BCUT2D eigenvalue weighted by atomic mass is 10.0. The summed E-state index contributed by atoms with van der Waals surface area (Å²) in [6, 6.07) is 6.06. The van der Waals surface area contributed by atoms with Gasteiger partial charge in [-0.3, -0.25) is 14.4 Å². The molecule has 3 amide bonds. The van der Waals surface area contributed by atoms with E-state index in [0.29, 0.717) is 23.5 Å². The van der Waals surface area contributed by atoms with Crippen LogP contribution in [0, 0.1) is 0 Å². The van der Waals surface area contributed by atoms with E-state index in [2.05, 4.69) is 31.3 Å². The van der Waals surface area contributed by atoms with Crippen LogP contribution in [0.5, 0.6) is 0 Å². The smallest absolute Gasteiger partial charge is 0.252 e. The predicted octanol–water partition coefficient (Wildman–Crippen LogP) is 1.92. The van der Waals surface area contributed by atoms with Crippen molar-refractivity contribution >= 4 is 23.4 Å². The van der Waals surface area contributed by atoms with Crippen molar-refractivity contribution in [1.82, 2.24) is 31.3 Å². The normalized spacial score (nSPS) is 18.7. The van der Waals surface area contributed by atoms with Gasteiger partial charge in [0.1, 0.15) is 6.04 Å². The molecule has 10 nitrogen and oxygen atoms in total. The van der Waals surface area contributed by atoms with Crippen LogP contribution < -0.4 is 15.5 Å². The number of anilines is 1. The molecule has 0 radical (unpaired) electrons. The number of tetrazole rings is 1. The van der Waals surface area contributed by atoms with Gasteiger partial charge in [0.15, 0.2) is 5.82 Å². The Morgan fingerprint density at radius 1 is 1.28 bits per heavy atom. The summed E-state index contributed by atoms with van der Waals surface area (Å²) in [5, 5.41) is 20.2. The molecule has 1 fully saturated rings. The van der Waals surface area contributed by atoms with Crippen molar-refractivity contribution < 1.29 is 14.4 Å². The van der Waals surface area contributed by atoms with E-state index in [-0.39, 0.29) is 29.7 Å². The van der Waals surface area contributed by atoms with Crippen LogP contribution in [0.3, 0.4) is 0 Å². The highest BCUT2D eigenvalue weighted by Gasteiger charge is 2.34. The second-order valence-electron chi connectivity index (χ2n) is 8.22. The van der Waals surface area contributed by atoms with Gasteiger partial charge in [0, 0.05) is 37.2 Å². The van der Waals surface area contributed by atoms with Crippen LogP contribution in [0.1, 0.15) is 74.5 Å². The van der Waals surface area contributed by atoms with Gasteiger partial charge in [-0.2, -0.15) is 5.21 Å². The van der Waals surface area contributed by atoms with E-state index in [0.717, 1.165) is 32.1 Å². The van der Waals surface area contributed by atoms with Crippen LogP contribution in [0.2, 0.25) is 0 Å². The number of carbonyl (C=O) groups is 3. The SMILES string of the molecule is CCCC[C@H](NC(=O)c1cccc(N(C)C(C)=O)c1)C(=O)N[C@H]1CCC[C@H]1c1nn[nH]n1. The molecule has 0 spiro atoms. The molecular formula is C22H31N7O3. The lowest BCUT2D eigenvalue weighted by Gasteiger charge is -2.24. The van der Waals surface area contributed by atoms with Crippen molar-refractivity contribution in [3.05, 3.63) is 35.7 Å². The fraction of sp³-hybridized carbons (Fsp3) is 0.545. The molecule has 2 aromatic rings. The van der Waals surface area contributed by atoms with E-state index < -0.39 is 6.04 Å². The summed E-state index contributed by atoms with van der Waals surface area (Å²) in [4.78, 5) is 39.2. The van der Waals surface area contributed by atoms with Crippen molar-refractivity contribution in [2.75, 3.05) is 11.9 Å². The monoisotopic (exact) mass is 441 g/mol. The molecule has 3 rings (SSSR count). The molecule has 3 atom stereocenters. The maximum Gasteiger partial charge on any atom is 0.252 e. The Kier molecular flexibility index (Phi) is 7.91. The third kappa shape index (κ3) is 5.68. The minimum Gasteiger partial charge on any atom is -0.351 e. The molecular weight excluding hydrogens is 410 g/mol. The second kappa shape index (κ2) is 10.8. The van der Waals surface area contributed by atoms with Crippen molar-refractivity contribution in [1.29, 1.82) is 0 Å². The summed E-state index contributed by atoms with van der Waals surface area (Å²) in [7, 11) is 1.65. The van der Waals surface area contributed by atoms with Gasteiger partial charge in [-0.15, -0.1) is 10.2 Å². The van der Waals surface area contributed by atoms with E-state index in [9.17, 15) is 14.4 Å². The highest BCUT2D eigenvalue weighted by Crippen LogP contribution is 2.32. The zero-order chi connectivity index (χ0) is 23.1. The number of nitrogens with one attached hydrogen (secondary N) is 3. The third-order valence-corrected chi connectivity index (χ3v) is 5.97. The van der Waals surface area contributed by atoms with Crippen molar-refractivity contribution in [3.8, 4) is 0 Å². The van der Waals surface area contributed by atoms with Crippen LogP contribution >= 0.6 is 0 Å². The van der Waals surface area contributed by atoms with Crippen LogP contribution in [-0.4, -0.2) is 57.5 Å². The standard InChI is InChI=1S/C22H31N7O3/c1-4-5-11-19(22(32)23-18-12-7-10-17(18)20-25-27-28-26-20)24-21(31)15-8-6-9-16(13-15)29(3)14(2)30/h6,8-9,13,17-19H,4-5,7,10-12H2,1-3H3,(H,23,32)(H,24,31)(H,25,26,27,28)/t17-,18+,19+/m1/s1. The molecule has 0 unspecified atom stereocenters. The Morgan fingerprint density at radius 2 is 2.09 bits per heavy atom. The molecule has 172 valence electrons. The molecule has 1 aromatic heterocycles. The van der Waals surface area contributed by atoms with Gasteiger partial charge < -0.3 is 15.5 Å². The fourth-order valence-electron chi connectivity index (χ4n) is 4.01. The average molecular weight is 442 g/mol. The Hall–Kier alpha value is -3.30. The van der Waals surface area contributed by atoms with Gasteiger partial charge in [-0.05, 0) is 37.5 Å². The van der Waals surface area contributed by atoms with Crippen LogP contribution in [0.4, 0.5) is 5.69 Å². The van der Waals surface area contributed by atoms with Gasteiger partial charge in [0.25, 0.3) is 5.91 Å². The number of hydrogen-bond acceptors (Lipinski definition) is 6. The highest BCUT2D eigenvalue weighted by atomic mass is 16.2. The minimum absolute atomic E-state index is 0.0130. The summed E-state index contributed by atoms with van der Waals surface area (Å²) in [5.74, 6) is -0.0618. The number of H-pyrrole nitrogens is 1. The molecule has 3 N–H and O–H groups in total. The van der Waals surface area contributed by atoms with Gasteiger partial charge >= 0.3 is 0 Å². The van der Waals surface area contributed by atoms with Crippen molar-refractivity contribution in [2.45, 2.75) is 70.4 Å². The largest absolute Gasteiger partial charge is 0.351 e. The lowest BCUT2D eigenvalue weighted by Crippen LogP contribution is -2.50. The van der Waals surface area contributed by atoms with Gasteiger partial charge in [-0.25, -0.2) is 0 Å². The zero-order valence-corrected chi connectivity index (χ0v) is 18.8. The number of unbranched alkanes of at least 4 members (excludes halogenated alkanes) is 1. The van der Waals surface area contributed by atoms with E-state index in [1.54, 1.807) is 31.3 Å². The molecule has 1 saturated carbocycles. The summed E-state index contributed by atoms with van der Waals surface area (Å²) >= 11 is 0. The number of aromatic nitrogens is 4. The zero-order valence-electron chi connectivity index (χ0n) is 18.8. The first-order valence-corrected chi connectivity index (χ1v) is 11.1. The van der Waals surface area contributed by atoms with Gasteiger partial charge in [0.05, 0.1) is 0 Å². The fourth-order valence-corrected chi connectivity index (χ4v) is 4.01. The molecule has 32 heavy (non-hydrogen) atoms. The minimum atomic E-state index is -0.650. The Balaban J connectivity index is 1.69. The summed E-state index contributed by atoms with van der Waals surface area (Å²) < 4.78 is 0. The molecule has 1 aromatic carbocycles. The average Bonchev–Trinajstić information content (AvgIpc) is 3.47. The molecule has 1 heterocycles. The summed E-state index contributed by atoms with van der Waals surface area (Å²) in [6.45, 7) is 3.50. The summed E-state index contributed by atoms with van der Waals surface area (Å²) in [6.07, 6.45) is 4.94. The first-order valence-electron chi connectivity index (χ1n) is 11.1. The molecule has 0 bridgehead atoms. The number of amides is 3. The molecule has 10 heteroatoms. The van der Waals surface area contributed by atoms with E-state index in [1.165, 1.54) is 11.8 Å². The van der Waals surface area contributed by atoms with E-state index >= 15 is 0 Å². The number of hydrogen-bond donors (Lipinski definition) is 3. The predicted molar refractivity (Wildman–Crippen MR) is 119 cm³/mol. The number of nitrogens with zero attached hydrogens (tertiary/aromatic N) is 4. The van der Waals surface area contributed by atoms with E-state index in [4.69, 9.17) is 0 Å². The highest BCUT2D eigenvalue weighted by molar-refractivity contribution is 5.99. The topological polar surface area (TPSA) is 133 Å². The number of aromatic amines is 1. The lowest BCUT2D eigenvalue weighted by molar-refractivity contribution is -0.124. The quantitative estimate of drug-likeness (QED) is 0.544. The number of benzene rings is 1. The molecule has 0 aliphatic heterocycles. The maximum absolute atomic E-state index is 13.1. The van der Waals surface area contributed by atoms with Gasteiger partial charge in [0.2, 0.25) is 11.8 Å².